The molecule has 0 aliphatic carbocycles. The summed E-state index contributed by atoms with van der Waals surface area (Å²) in [4.78, 5) is 15.5. The van der Waals surface area contributed by atoms with Gasteiger partial charge in [0, 0.05) is 29.9 Å². The van der Waals surface area contributed by atoms with Crippen molar-refractivity contribution in [2.24, 2.45) is 5.41 Å². The number of pyridine rings is 1. The van der Waals surface area contributed by atoms with E-state index in [0.29, 0.717) is 0 Å². The van der Waals surface area contributed by atoms with Crippen molar-refractivity contribution in [2.45, 2.75) is 27.0 Å². The highest BCUT2D eigenvalue weighted by atomic mass is 19.1. The van der Waals surface area contributed by atoms with Crippen LogP contribution in [0.2, 0.25) is 0 Å². The number of ketones is 1. The third-order valence-electron chi connectivity index (χ3n) is 2.85. The second-order valence-electron chi connectivity index (χ2n) is 5.66. The molecule has 0 aliphatic heterocycles. The van der Waals surface area contributed by atoms with Gasteiger partial charge in [-0.05, 0) is 12.1 Å². The predicted molar refractivity (Wildman–Crippen MR) is 72.7 cm³/mol. The average molecular weight is 294 g/mol. The Balaban J connectivity index is 2.35. The molecule has 0 amide bonds. The summed E-state index contributed by atoms with van der Waals surface area (Å²) in [7, 11) is 0. The first-order chi connectivity index (χ1) is 9.77. The fraction of sp³-hybridized carbons (Fsp3) is 0.333. The van der Waals surface area contributed by atoms with Crippen LogP contribution in [0.3, 0.4) is 0 Å². The van der Waals surface area contributed by atoms with E-state index in [1.54, 1.807) is 49.9 Å². The molecule has 1 unspecified atom stereocenters. The summed E-state index contributed by atoms with van der Waals surface area (Å²) in [6.07, 6.45) is 2.31. The maximum Gasteiger partial charge on any atom is 0.235 e. The third kappa shape index (κ3) is 3.65. The van der Waals surface area contributed by atoms with Gasteiger partial charge in [0.1, 0.15) is 5.75 Å². The maximum atomic E-state index is 13.1. The van der Waals surface area contributed by atoms with E-state index in [1.807, 2.05) is 0 Å². The Morgan fingerprint density at radius 1 is 1.19 bits per heavy atom. The Kier molecular flexibility index (Phi) is 4.06. The molecule has 0 N–H and O–H groups in total. The van der Waals surface area contributed by atoms with E-state index in [1.165, 1.54) is 0 Å². The van der Waals surface area contributed by atoms with Crippen molar-refractivity contribution in [1.29, 1.82) is 0 Å². The van der Waals surface area contributed by atoms with Gasteiger partial charge in [0.15, 0.2) is 5.78 Å². The minimum atomic E-state index is -1.00. The van der Waals surface area contributed by atoms with Gasteiger partial charge >= 0.3 is 0 Å². The van der Waals surface area contributed by atoms with Crippen LogP contribution in [-0.4, -0.2) is 15.3 Å². The van der Waals surface area contributed by atoms with Crippen LogP contribution in [0.4, 0.5) is 8.78 Å². The van der Waals surface area contributed by atoms with Crippen LogP contribution >= 0.6 is 0 Å². The Hall–Kier alpha value is -2.24. The molecule has 4 nitrogen and oxygen atoms in total. The van der Waals surface area contributed by atoms with Crippen LogP contribution < -0.4 is 4.74 Å². The molecule has 6 heteroatoms. The summed E-state index contributed by atoms with van der Waals surface area (Å²) < 4.78 is 33.3. The number of carbonyl (C=O) groups is 1. The van der Waals surface area contributed by atoms with Crippen LogP contribution in [0, 0.1) is 17.3 Å². The number of hydrogen-bond donors (Lipinski definition) is 0. The summed E-state index contributed by atoms with van der Waals surface area (Å²) in [5.41, 5.74) is -0.668. The zero-order chi connectivity index (χ0) is 15.6. The summed E-state index contributed by atoms with van der Waals surface area (Å²) in [5, 5.41) is 0. The van der Waals surface area contributed by atoms with Crippen molar-refractivity contribution in [1.82, 2.24) is 9.55 Å². The quantitative estimate of drug-likeness (QED) is 0.812. The first-order valence-corrected chi connectivity index (χ1v) is 6.44. The number of hydrogen-bond acceptors (Lipinski definition) is 3. The second kappa shape index (κ2) is 5.63. The van der Waals surface area contributed by atoms with E-state index in [9.17, 15) is 13.6 Å². The fourth-order valence-electron chi connectivity index (χ4n) is 1.76. The van der Waals surface area contributed by atoms with Gasteiger partial charge in [-0.25, -0.2) is 0 Å². The Labute approximate surface area is 121 Å². The molecule has 0 spiro atoms. The molecule has 0 aromatic carbocycles. The number of ether oxygens (including phenoxy) is 1. The summed E-state index contributed by atoms with van der Waals surface area (Å²) in [6, 6.07) is 5.35. The number of carbonyl (C=O) groups excluding carboxylic acids is 1. The average Bonchev–Trinajstić information content (AvgIpc) is 2.86. The molecule has 21 heavy (non-hydrogen) atoms. The van der Waals surface area contributed by atoms with E-state index in [0.717, 1.165) is 12.1 Å². The second-order valence-corrected chi connectivity index (χ2v) is 5.66. The molecule has 0 saturated carbocycles. The molecule has 2 aromatic rings. The van der Waals surface area contributed by atoms with Crippen molar-refractivity contribution in [3.8, 4) is 5.75 Å². The molecule has 0 fully saturated rings. The number of halogens is 2. The lowest BCUT2D eigenvalue weighted by Gasteiger charge is -2.26. The van der Waals surface area contributed by atoms with Crippen molar-refractivity contribution < 1.29 is 18.3 Å². The van der Waals surface area contributed by atoms with E-state index in [2.05, 4.69) is 4.98 Å². The Morgan fingerprint density at radius 2 is 1.71 bits per heavy atom. The highest BCUT2D eigenvalue weighted by Gasteiger charge is 2.32. The molecule has 2 rings (SSSR count). The van der Waals surface area contributed by atoms with Gasteiger partial charge < -0.3 is 9.30 Å². The first kappa shape index (κ1) is 15.2. The smallest absolute Gasteiger partial charge is 0.235 e. The van der Waals surface area contributed by atoms with E-state index < -0.39 is 23.5 Å². The van der Waals surface area contributed by atoms with Gasteiger partial charge in [-0.3, -0.25) is 4.79 Å². The molecule has 2 aromatic heterocycles. The normalized spacial score (nSPS) is 13.0. The van der Waals surface area contributed by atoms with E-state index in [4.69, 9.17) is 4.74 Å². The van der Waals surface area contributed by atoms with Gasteiger partial charge in [0.05, 0.1) is 0 Å². The highest BCUT2D eigenvalue weighted by Crippen LogP contribution is 2.27. The first-order valence-electron chi connectivity index (χ1n) is 6.44. The number of Topliss-reactive ketones (excluding diaryl/α,β-unsaturated/α-hetero) is 1. The van der Waals surface area contributed by atoms with Gasteiger partial charge in [0.2, 0.25) is 18.1 Å². The lowest BCUT2D eigenvalue weighted by atomic mass is 9.89. The van der Waals surface area contributed by atoms with Gasteiger partial charge in [-0.15, -0.1) is 0 Å². The van der Waals surface area contributed by atoms with Gasteiger partial charge in [0.25, 0.3) is 0 Å². The van der Waals surface area contributed by atoms with Crippen LogP contribution in [0.1, 0.15) is 27.0 Å². The molecule has 0 bridgehead atoms. The van der Waals surface area contributed by atoms with E-state index >= 15 is 0 Å². The number of rotatable bonds is 4. The molecule has 0 radical (unpaired) electrons. The molecule has 2 heterocycles. The van der Waals surface area contributed by atoms with Gasteiger partial charge in [-0.2, -0.15) is 13.8 Å². The Bertz CT molecular complexity index is 613. The number of nitrogens with zero attached hydrogens (tertiary/aromatic N) is 2. The zero-order valence-electron chi connectivity index (χ0n) is 12.0. The van der Waals surface area contributed by atoms with Crippen molar-refractivity contribution in [2.75, 3.05) is 0 Å². The minimum absolute atomic E-state index is 0.0868. The molecule has 0 aliphatic rings. The molecular formula is C15H16F2N2O2. The largest absolute Gasteiger partial charge is 0.462 e. The topological polar surface area (TPSA) is 44.1 Å². The van der Waals surface area contributed by atoms with Gasteiger partial charge in [-0.1, -0.05) is 20.8 Å². The van der Waals surface area contributed by atoms with Crippen LogP contribution in [0.15, 0.2) is 36.7 Å². The van der Waals surface area contributed by atoms with Crippen LogP contribution in [-0.2, 0) is 4.79 Å². The van der Waals surface area contributed by atoms with Crippen molar-refractivity contribution in [3.05, 3.63) is 48.6 Å². The molecule has 0 saturated heterocycles. The lowest BCUT2D eigenvalue weighted by molar-refractivity contribution is -0.137. The Morgan fingerprint density at radius 3 is 2.19 bits per heavy atom. The third-order valence-corrected chi connectivity index (χ3v) is 2.85. The molecular weight excluding hydrogens is 278 g/mol. The molecule has 1 atom stereocenters. The number of aromatic nitrogens is 2. The zero-order valence-corrected chi connectivity index (χ0v) is 12.0. The van der Waals surface area contributed by atoms with Crippen LogP contribution in [0.5, 0.6) is 5.75 Å². The van der Waals surface area contributed by atoms with Crippen molar-refractivity contribution in [3.63, 3.8) is 0 Å². The monoisotopic (exact) mass is 294 g/mol. The predicted octanol–water partition coefficient (Wildman–Crippen LogP) is 3.35. The van der Waals surface area contributed by atoms with Crippen molar-refractivity contribution >= 4 is 5.78 Å². The highest BCUT2D eigenvalue weighted by molar-refractivity contribution is 5.86. The summed E-state index contributed by atoms with van der Waals surface area (Å²) in [5.74, 6) is -2.30. The minimum Gasteiger partial charge on any atom is -0.462 e. The lowest BCUT2D eigenvalue weighted by Crippen LogP contribution is -2.33. The standard InChI is InChI=1S/C15H16F2N2O2/c1-15(2,3)13(20)14(19-6-4-5-7-19)21-10-8-11(16)18-12(17)9-10/h4-9,14H,1-3H3. The summed E-state index contributed by atoms with van der Waals surface area (Å²) in [6.45, 7) is 5.26. The summed E-state index contributed by atoms with van der Waals surface area (Å²) >= 11 is 0. The molecule has 112 valence electrons. The maximum absolute atomic E-state index is 13.1. The fourth-order valence-corrected chi connectivity index (χ4v) is 1.76. The van der Waals surface area contributed by atoms with Crippen LogP contribution in [0.25, 0.3) is 0 Å². The van der Waals surface area contributed by atoms with E-state index in [-0.39, 0.29) is 11.5 Å². The SMILES string of the molecule is CC(C)(C)C(=O)C(Oc1cc(F)nc(F)c1)n1cccc1.